The summed E-state index contributed by atoms with van der Waals surface area (Å²) in [5, 5.41) is 6.61. The van der Waals surface area contributed by atoms with Gasteiger partial charge in [-0.15, -0.1) is 0 Å². The van der Waals surface area contributed by atoms with Crippen LogP contribution in [0.15, 0.2) is 29.4 Å². The summed E-state index contributed by atoms with van der Waals surface area (Å²) in [4.78, 5) is 10.8. The normalized spacial score (nSPS) is 20.3. The highest BCUT2D eigenvalue weighted by molar-refractivity contribution is 5.79. The van der Waals surface area contributed by atoms with Crippen molar-refractivity contribution >= 4 is 5.96 Å². The minimum Gasteiger partial charge on any atom is -0.374 e. The molecular formula is C15H25N5O. The number of pyridine rings is 1. The molecule has 0 spiro atoms. The minimum absolute atomic E-state index is 0.220. The Hall–Kier alpha value is -1.66. The maximum Gasteiger partial charge on any atom is 0.191 e. The lowest BCUT2D eigenvalue weighted by Gasteiger charge is -2.30. The fraction of sp³-hybridized carbons (Fsp3) is 0.600. The average Bonchev–Trinajstić information content (AvgIpc) is 2.52. The van der Waals surface area contributed by atoms with Crippen molar-refractivity contribution < 1.29 is 4.74 Å². The second-order valence-corrected chi connectivity index (χ2v) is 5.21. The Balaban J connectivity index is 1.66. The van der Waals surface area contributed by atoms with Gasteiger partial charge in [-0.3, -0.25) is 9.98 Å². The van der Waals surface area contributed by atoms with E-state index in [1.807, 2.05) is 24.4 Å². The number of rotatable bonds is 5. The Labute approximate surface area is 126 Å². The topological polar surface area (TPSA) is 61.8 Å². The number of nitrogens with zero attached hydrogens (tertiary/aromatic N) is 3. The van der Waals surface area contributed by atoms with E-state index >= 15 is 0 Å². The Morgan fingerprint density at radius 1 is 1.48 bits per heavy atom. The molecule has 116 valence electrons. The highest BCUT2D eigenvalue weighted by Crippen LogP contribution is 2.01. The maximum atomic E-state index is 5.72. The van der Waals surface area contributed by atoms with Crippen LogP contribution in [0.25, 0.3) is 0 Å². The van der Waals surface area contributed by atoms with E-state index in [0.29, 0.717) is 0 Å². The maximum absolute atomic E-state index is 5.72. The molecule has 2 rings (SSSR count). The van der Waals surface area contributed by atoms with Gasteiger partial charge < -0.3 is 20.3 Å². The van der Waals surface area contributed by atoms with Gasteiger partial charge in [0.15, 0.2) is 5.96 Å². The van der Waals surface area contributed by atoms with E-state index in [1.165, 1.54) is 0 Å². The zero-order valence-electron chi connectivity index (χ0n) is 12.9. The van der Waals surface area contributed by atoms with Crippen molar-refractivity contribution in [3.63, 3.8) is 0 Å². The van der Waals surface area contributed by atoms with Crippen molar-refractivity contribution in [3.8, 4) is 0 Å². The van der Waals surface area contributed by atoms with Crippen LogP contribution in [0.5, 0.6) is 0 Å². The number of aliphatic imine (C=N–C) groups is 1. The van der Waals surface area contributed by atoms with Crippen LogP contribution < -0.4 is 10.6 Å². The summed E-state index contributed by atoms with van der Waals surface area (Å²) in [6.07, 6.45) is 2.92. The molecule has 1 aliphatic rings. The molecule has 1 unspecified atom stereocenters. The molecule has 0 bridgehead atoms. The summed E-state index contributed by atoms with van der Waals surface area (Å²) < 4.78 is 5.72. The van der Waals surface area contributed by atoms with Gasteiger partial charge >= 0.3 is 0 Å². The molecule has 6 nitrogen and oxygen atoms in total. The van der Waals surface area contributed by atoms with Gasteiger partial charge in [0, 0.05) is 51.5 Å². The second-order valence-electron chi connectivity index (χ2n) is 5.21. The molecule has 6 heteroatoms. The third-order valence-corrected chi connectivity index (χ3v) is 3.46. The number of nitrogens with one attached hydrogen (secondary N) is 2. The molecule has 0 amide bonds. The van der Waals surface area contributed by atoms with E-state index in [4.69, 9.17) is 4.74 Å². The largest absolute Gasteiger partial charge is 0.374 e. The Kier molecular flexibility index (Phi) is 6.43. The van der Waals surface area contributed by atoms with E-state index < -0.39 is 0 Å². The molecule has 0 aromatic carbocycles. The molecule has 21 heavy (non-hydrogen) atoms. The van der Waals surface area contributed by atoms with Crippen LogP contribution in [0.2, 0.25) is 0 Å². The number of aromatic nitrogens is 1. The van der Waals surface area contributed by atoms with Crippen LogP contribution >= 0.6 is 0 Å². The summed E-state index contributed by atoms with van der Waals surface area (Å²) in [6, 6.07) is 5.97. The van der Waals surface area contributed by atoms with Crippen molar-refractivity contribution in [2.45, 2.75) is 12.5 Å². The summed E-state index contributed by atoms with van der Waals surface area (Å²) in [6.45, 7) is 4.34. The second kappa shape index (κ2) is 8.59. The van der Waals surface area contributed by atoms with Crippen LogP contribution in [-0.2, 0) is 11.2 Å². The van der Waals surface area contributed by atoms with E-state index in [9.17, 15) is 0 Å². The smallest absolute Gasteiger partial charge is 0.191 e. The van der Waals surface area contributed by atoms with Gasteiger partial charge in [0.2, 0.25) is 0 Å². The van der Waals surface area contributed by atoms with Gasteiger partial charge in [-0.1, -0.05) is 6.07 Å². The summed E-state index contributed by atoms with van der Waals surface area (Å²) in [5.74, 6) is 0.808. The fourth-order valence-electron chi connectivity index (χ4n) is 2.28. The standard InChI is InChI=1S/C15H25N5O/c1-16-15(18-8-6-13-5-3-4-7-17-13)19-11-14-12-20(2)9-10-21-14/h3-5,7,14H,6,8-12H2,1-2H3,(H2,16,18,19). The molecule has 0 saturated carbocycles. The predicted molar refractivity (Wildman–Crippen MR) is 84.5 cm³/mol. The van der Waals surface area contributed by atoms with Crippen LogP contribution in [0.4, 0.5) is 0 Å². The molecule has 2 N–H and O–H groups in total. The number of guanidine groups is 1. The van der Waals surface area contributed by atoms with Crippen LogP contribution in [-0.4, -0.2) is 68.8 Å². The average molecular weight is 291 g/mol. The third-order valence-electron chi connectivity index (χ3n) is 3.46. The molecule has 0 radical (unpaired) electrons. The lowest BCUT2D eigenvalue weighted by molar-refractivity contribution is -0.0161. The molecule has 1 aromatic heterocycles. The van der Waals surface area contributed by atoms with Gasteiger partial charge in [0.25, 0.3) is 0 Å². The van der Waals surface area contributed by atoms with Gasteiger partial charge in [-0.2, -0.15) is 0 Å². The molecule has 1 saturated heterocycles. The van der Waals surface area contributed by atoms with E-state index in [2.05, 4.69) is 32.6 Å². The number of morpholine rings is 1. The van der Waals surface area contributed by atoms with Crippen LogP contribution in [0.3, 0.4) is 0 Å². The molecule has 2 heterocycles. The van der Waals surface area contributed by atoms with E-state index in [0.717, 1.165) is 50.9 Å². The van der Waals surface area contributed by atoms with E-state index in [-0.39, 0.29) is 6.10 Å². The molecular weight excluding hydrogens is 266 g/mol. The number of ether oxygens (including phenoxy) is 1. The van der Waals surface area contributed by atoms with E-state index in [1.54, 1.807) is 7.05 Å². The molecule has 1 atom stereocenters. The fourth-order valence-corrected chi connectivity index (χ4v) is 2.28. The van der Waals surface area contributed by atoms with Gasteiger partial charge in [0.1, 0.15) is 0 Å². The van der Waals surface area contributed by atoms with Crippen molar-refractivity contribution in [1.82, 2.24) is 20.5 Å². The first-order chi connectivity index (χ1) is 10.3. The zero-order chi connectivity index (χ0) is 14.9. The first-order valence-corrected chi connectivity index (χ1v) is 7.42. The quantitative estimate of drug-likeness (QED) is 0.596. The number of hydrogen-bond acceptors (Lipinski definition) is 4. The van der Waals surface area contributed by atoms with Crippen LogP contribution in [0, 0.1) is 0 Å². The Bertz CT molecular complexity index is 437. The van der Waals surface area contributed by atoms with Crippen LogP contribution in [0.1, 0.15) is 5.69 Å². The lowest BCUT2D eigenvalue weighted by Crippen LogP contribution is -2.48. The SMILES string of the molecule is CN=C(NCCc1ccccn1)NCC1CN(C)CCO1. The molecule has 1 aromatic rings. The summed E-state index contributed by atoms with van der Waals surface area (Å²) in [7, 11) is 3.90. The highest BCUT2D eigenvalue weighted by atomic mass is 16.5. The van der Waals surface area contributed by atoms with Crippen molar-refractivity contribution in [3.05, 3.63) is 30.1 Å². The monoisotopic (exact) mass is 291 g/mol. The van der Waals surface area contributed by atoms with Gasteiger partial charge in [-0.05, 0) is 19.2 Å². The first kappa shape index (κ1) is 15.7. The molecule has 0 aliphatic carbocycles. The van der Waals surface area contributed by atoms with Crippen molar-refractivity contribution in [1.29, 1.82) is 0 Å². The third kappa shape index (κ3) is 5.69. The van der Waals surface area contributed by atoms with Crippen molar-refractivity contribution in [2.75, 3.05) is 46.9 Å². The predicted octanol–water partition coefficient (Wildman–Crippen LogP) is 0.120. The lowest BCUT2D eigenvalue weighted by atomic mass is 10.2. The zero-order valence-corrected chi connectivity index (χ0v) is 12.9. The molecule has 1 aliphatic heterocycles. The molecule has 1 fully saturated rings. The summed E-state index contributed by atoms with van der Waals surface area (Å²) >= 11 is 0. The highest BCUT2D eigenvalue weighted by Gasteiger charge is 2.17. The van der Waals surface area contributed by atoms with Gasteiger partial charge in [0.05, 0.1) is 12.7 Å². The number of likely N-dealkylation sites (N-methyl/N-ethyl adjacent to an activating group) is 1. The Morgan fingerprint density at radius 3 is 3.10 bits per heavy atom. The minimum atomic E-state index is 0.220. The Morgan fingerprint density at radius 2 is 2.38 bits per heavy atom. The summed E-state index contributed by atoms with van der Waals surface area (Å²) in [5.41, 5.74) is 1.08. The number of hydrogen-bond donors (Lipinski definition) is 2. The van der Waals surface area contributed by atoms with Gasteiger partial charge in [-0.25, -0.2) is 0 Å². The first-order valence-electron chi connectivity index (χ1n) is 7.42. The van der Waals surface area contributed by atoms with Crippen molar-refractivity contribution in [2.24, 2.45) is 4.99 Å².